The molecule has 0 amide bonds. The maximum atomic E-state index is 12.2. The largest absolute Gasteiger partial charge is 0.389 e. The zero-order chi connectivity index (χ0) is 20.0. The summed E-state index contributed by atoms with van der Waals surface area (Å²) in [7, 11) is 0. The van der Waals surface area contributed by atoms with Crippen LogP contribution in [0.4, 0.5) is 0 Å². The van der Waals surface area contributed by atoms with Crippen LogP contribution < -0.4 is 5.69 Å². The van der Waals surface area contributed by atoms with Crippen molar-refractivity contribution in [2.45, 2.75) is 33.0 Å². The number of aliphatic hydroxyl groups excluding tert-OH is 1. The highest BCUT2D eigenvalue weighted by molar-refractivity contribution is 14.1. The summed E-state index contributed by atoms with van der Waals surface area (Å²) >= 11 is 4.65. The van der Waals surface area contributed by atoms with Gasteiger partial charge < -0.3 is 9.67 Å². The van der Waals surface area contributed by atoms with Gasteiger partial charge in [-0.3, -0.25) is 4.57 Å². The monoisotopic (exact) mass is 599 g/mol. The van der Waals surface area contributed by atoms with Gasteiger partial charge in [0, 0.05) is 40.3 Å². The highest BCUT2D eigenvalue weighted by Gasteiger charge is 2.16. The first-order valence-electron chi connectivity index (χ1n) is 8.93. The Kier molecular flexibility index (Phi) is 5.49. The van der Waals surface area contributed by atoms with Gasteiger partial charge in [0.15, 0.2) is 0 Å². The number of benzene rings is 2. The van der Waals surface area contributed by atoms with Crippen LogP contribution >= 0.6 is 45.2 Å². The van der Waals surface area contributed by atoms with Crippen LogP contribution in [0, 0.1) is 21.0 Å². The number of aliphatic hydroxyl groups is 1. The Morgan fingerprint density at radius 3 is 2.00 bits per heavy atom. The second-order valence-electron chi connectivity index (χ2n) is 7.02. The first kappa shape index (κ1) is 19.8. The third-order valence-corrected chi connectivity index (χ3v) is 6.26. The topological polar surface area (TPSA) is 60.0 Å². The molecule has 2 heterocycles. The molecule has 2 aromatic carbocycles. The molecule has 0 saturated heterocycles. The number of hydrogen-bond donors (Lipinski definition) is 1. The molecule has 2 aromatic heterocycles. The van der Waals surface area contributed by atoms with E-state index in [-0.39, 0.29) is 12.2 Å². The molecule has 1 atom stereocenters. The summed E-state index contributed by atoms with van der Waals surface area (Å²) in [5.41, 5.74) is 3.36. The molecular weight excluding hydrogens is 580 g/mol. The quantitative estimate of drug-likeness (QED) is 0.358. The van der Waals surface area contributed by atoms with Crippen molar-refractivity contribution in [3.63, 3.8) is 0 Å². The zero-order valence-electron chi connectivity index (χ0n) is 15.5. The van der Waals surface area contributed by atoms with Crippen molar-refractivity contribution in [2.75, 3.05) is 0 Å². The molecule has 4 rings (SSSR count). The molecule has 0 aliphatic carbocycles. The smallest absolute Gasteiger partial charge is 0.348 e. The highest BCUT2D eigenvalue weighted by Crippen LogP contribution is 2.31. The summed E-state index contributed by atoms with van der Waals surface area (Å²) in [6, 6.07) is 14.6. The molecule has 28 heavy (non-hydrogen) atoms. The number of hydrogen-bond acceptors (Lipinski definition) is 3. The van der Waals surface area contributed by atoms with Crippen LogP contribution in [0.3, 0.4) is 0 Å². The van der Waals surface area contributed by atoms with Crippen LogP contribution in [-0.4, -0.2) is 25.3 Å². The summed E-state index contributed by atoms with van der Waals surface area (Å²) < 4.78 is 6.04. The molecule has 0 aliphatic heterocycles. The number of aryl methyl sites for hydroxylation is 2. The molecule has 0 spiro atoms. The Morgan fingerprint density at radius 1 is 0.929 bits per heavy atom. The lowest BCUT2D eigenvalue weighted by atomic mass is 10.2. The minimum Gasteiger partial charge on any atom is -0.389 e. The van der Waals surface area contributed by atoms with Gasteiger partial charge in [-0.2, -0.15) is 4.98 Å². The van der Waals surface area contributed by atoms with Crippen LogP contribution in [0.2, 0.25) is 0 Å². The Morgan fingerprint density at radius 2 is 1.46 bits per heavy atom. The van der Waals surface area contributed by atoms with Crippen LogP contribution in [0.1, 0.15) is 11.4 Å². The van der Waals surface area contributed by atoms with Gasteiger partial charge in [0.05, 0.1) is 19.2 Å². The number of rotatable bonds is 4. The van der Waals surface area contributed by atoms with E-state index in [2.05, 4.69) is 91.1 Å². The molecule has 5 nitrogen and oxygen atoms in total. The molecular formula is C21H19I2N3O2. The summed E-state index contributed by atoms with van der Waals surface area (Å²) in [6.07, 6.45) is -0.710. The van der Waals surface area contributed by atoms with Gasteiger partial charge in [-0.15, -0.1) is 0 Å². The first-order valence-corrected chi connectivity index (χ1v) is 11.1. The average molecular weight is 599 g/mol. The summed E-state index contributed by atoms with van der Waals surface area (Å²) in [4.78, 5) is 16.2. The summed E-state index contributed by atoms with van der Waals surface area (Å²) in [5, 5.41) is 13.2. The van der Waals surface area contributed by atoms with Crippen molar-refractivity contribution in [1.82, 2.24) is 14.1 Å². The Labute approximate surface area is 189 Å². The number of halogens is 2. The van der Waals surface area contributed by atoms with Gasteiger partial charge in [0.2, 0.25) is 0 Å². The fraction of sp³-hybridized carbons (Fsp3) is 0.238. The fourth-order valence-corrected chi connectivity index (χ4v) is 4.70. The van der Waals surface area contributed by atoms with E-state index in [0.717, 1.165) is 16.7 Å². The fourth-order valence-electron chi connectivity index (χ4n) is 3.72. The van der Waals surface area contributed by atoms with Crippen molar-refractivity contribution in [3.8, 4) is 0 Å². The van der Waals surface area contributed by atoms with Gasteiger partial charge in [-0.1, -0.05) is 0 Å². The van der Waals surface area contributed by atoms with E-state index in [4.69, 9.17) is 0 Å². The minimum atomic E-state index is -0.710. The number of fused-ring (bicyclic) bond motifs is 3. The van der Waals surface area contributed by atoms with Crippen molar-refractivity contribution in [2.24, 2.45) is 0 Å². The molecule has 4 aromatic rings. The standard InChI is InChI=1S/C21H19I2N3O2/c1-12-7-13(2)25(21(28)24-12)10-16(27)11-26-19-5-3-14(22)8-17(19)18-9-15(23)4-6-20(18)26/h3-9,16,27H,10-11H2,1-2H3/t16-/m1/s1. The summed E-state index contributed by atoms with van der Waals surface area (Å²) in [6.45, 7) is 4.29. The maximum absolute atomic E-state index is 12.2. The van der Waals surface area contributed by atoms with E-state index < -0.39 is 6.10 Å². The predicted molar refractivity (Wildman–Crippen MR) is 129 cm³/mol. The minimum absolute atomic E-state index is 0.216. The van der Waals surface area contributed by atoms with E-state index in [1.807, 2.05) is 13.0 Å². The normalized spacial score (nSPS) is 12.8. The lowest BCUT2D eigenvalue weighted by molar-refractivity contribution is 0.134. The lowest BCUT2D eigenvalue weighted by Crippen LogP contribution is -2.32. The second kappa shape index (κ2) is 7.75. The van der Waals surface area contributed by atoms with E-state index >= 15 is 0 Å². The first-order chi connectivity index (χ1) is 13.3. The average Bonchev–Trinajstić information content (AvgIpc) is 2.90. The van der Waals surface area contributed by atoms with E-state index in [1.165, 1.54) is 22.5 Å². The van der Waals surface area contributed by atoms with E-state index in [0.29, 0.717) is 12.2 Å². The van der Waals surface area contributed by atoms with Gasteiger partial charge in [-0.25, -0.2) is 4.79 Å². The molecule has 0 unspecified atom stereocenters. The van der Waals surface area contributed by atoms with E-state index in [1.54, 1.807) is 6.92 Å². The van der Waals surface area contributed by atoms with Crippen molar-refractivity contribution >= 4 is 67.0 Å². The molecule has 0 aliphatic rings. The van der Waals surface area contributed by atoms with Crippen molar-refractivity contribution in [3.05, 3.63) is 71.5 Å². The summed E-state index contributed by atoms with van der Waals surface area (Å²) in [5.74, 6) is 0. The third kappa shape index (κ3) is 3.71. The van der Waals surface area contributed by atoms with Crippen molar-refractivity contribution < 1.29 is 5.11 Å². The highest BCUT2D eigenvalue weighted by atomic mass is 127. The lowest BCUT2D eigenvalue weighted by Gasteiger charge is -2.17. The van der Waals surface area contributed by atoms with Crippen LogP contribution in [0.25, 0.3) is 21.8 Å². The van der Waals surface area contributed by atoms with E-state index in [9.17, 15) is 9.90 Å². The molecule has 144 valence electrons. The molecule has 1 N–H and O–H groups in total. The maximum Gasteiger partial charge on any atom is 0.348 e. The van der Waals surface area contributed by atoms with Gasteiger partial charge >= 0.3 is 5.69 Å². The molecule has 0 bridgehead atoms. The number of aromatic nitrogens is 3. The molecule has 0 saturated carbocycles. The number of nitrogens with zero attached hydrogens (tertiary/aromatic N) is 3. The zero-order valence-corrected chi connectivity index (χ0v) is 19.8. The SMILES string of the molecule is Cc1cc(C)n(C[C@@H](O)Cn2c3ccc(I)cc3c3cc(I)ccc32)c(=O)n1. The van der Waals surface area contributed by atoms with Crippen molar-refractivity contribution in [1.29, 1.82) is 0 Å². The van der Waals surface area contributed by atoms with Crippen LogP contribution in [0.15, 0.2) is 47.3 Å². The van der Waals surface area contributed by atoms with Gasteiger partial charge in [0.25, 0.3) is 0 Å². The Balaban J connectivity index is 1.76. The Bertz CT molecular complexity index is 1200. The second-order valence-corrected chi connectivity index (χ2v) is 9.51. The van der Waals surface area contributed by atoms with Crippen LogP contribution in [0.5, 0.6) is 0 Å². The molecule has 7 heteroatoms. The predicted octanol–water partition coefficient (Wildman–Crippen LogP) is 4.24. The third-order valence-electron chi connectivity index (χ3n) is 4.92. The van der Waals surface area contributed by atoms with Gasteiger partial charge in [-0.05, 0) is 101 Å². The van der Waals surface area contributed by atoms with Crippen LogP contribution in [-0.2, 0) is 13.1 Å². The van der Waals surface area contributed by atoms with Gasteiger partial charge in [0.1, 0.15) is 0 Å². The molecule has 0 radical (unpaired) electrons. The Hall–Kier alpha value is -1.46. The molecule has 0 fully saturated rings.